The summed E-state index contributed by atoms with van der Waals surface area (Å²) in [5, 5.41) is 17.7. The van der Waals surface area contributed by atoms with Crippen LogP contribution in [-0.2, 0) is 6.54 Å². The largest absolute Gasteiger partial charge is 0.454 e. The molecule has 1 N–H and O–H groups in total. The van der Waals surface area contributed by atoms with Crippen LogP contribution < -0.4 is 5.32 Å². The van der Waals surface area contributed by atoms with Crippen molar-refractivity contribution in [3.8, 4) is 0 Å². The number of carbonyl (C=O) groups is 1. The topological polar surface area (TPSA) is 103 Å². The van der Waals surface area contributed by atoms with Gasteiger partial charge in [-0.25, -0.2) is 0 Å². The first-order valence-corrected chi connectivity index (χ1v) is 9.29. The molecule has 0 bridgehead atoms. The summed E-state index contributed by atoms with van der Waals surface area (Å²) in [5.41, 5.74) is 0.234. The van der Waals surface area contributed by atoms with Crippen LogP contribution in [0.4, 0.5) is 5.69 Å². The van der Waals surface area contributed by atoms with Crippen molar-refractivity contribution in [2.45, 2.75) is 59.0 Å². The summed E-state index contributed by atoms with van der Waals surface area (Å²) in [4.78, 5) is 22.6. The zero-order chi connectivity index (χ0) is 19.6. The third kappa shape index (κ3) is 4.75. The SMILES string of the molecule is CC(C)(C)C1CCC(NC(=O)c2ccc(Cn3cc([N+](=O)[O-])cn3)o2)CC1. The molecule has 3 rings (SSSR count). The molecule has 2 heterocycles. The summed E-state index contributed by atoms with van der Waals surface area (Å²) in [5.74, 6) is 1.25. The van der Waals surface area contributed by atoms with Gasteiger partial charge in [-0.2, -0.15) is 5.10 Å². The normalized spacial score (nSPS) is 20.4. The number of nitrogens with zero attached hydrogens (tertiary/aromatic N) is 3. The Morgan fingerprint density at radius 1 is 1.33 bits per heavy atom. The van der Waals surface area contributed by atoms with E-state index in [1.165, 1.54) is 17.1 Å². The summed E-state index contributed by atoms with van der Waals surface area (Å²) >= 11 is 0. The second-order valence-corrected chi connectivity index (χ2v) is 8.31. The van der Waals surface area contributed by atoms with Crippen LogP contribution in [0.25, 0.3) is 0 Å². The van der Waals surface area contributed by atoms with Crippen molar-refractivity contribution < 1.29 is 14.1 Å². The number of furan rings is 1. The molecule has 1 aliphatic carbocycles. The van der Waals surface area contributed by atoms with Gasteiger partial charge in [0.25, 0.3) is 5.91 Å². The molecule has 0 aliphatic heterocycles. The maximum Gasteiger partial charge on any atom is 0.307 e. The predicted octanol–water partition coefficient (Wildman–Crippen LogP) is 3.77. The van der Waals surface area contributed by atoms with Gasteiger partial charge in [0, 0.05) is 6.04 Å². The van der Waals surface area contributed by atoms with Gasteiger partial charge in [-0.1, -0.05) is 20.8 Å². The monoisotopic (exact) mass is 374 g/mol. The fourth-order valence-electron chi connectivity index (χ4n) is 3.64. The maximum atomic E-state index is 12.4. The number of rotatable bonds is 5. The Labute approximate surface area is 158 Å². The molecule has 1 aliphatic rings. The first kappa shape index (κ1) is 19.1. The van der Waals surface area contributed by atoms with E-state index in [-0.39, 0.29) is 29.9 Å². The second-order valence-electron chi connectivity index (χ2n) is 8.31. The summed E-state index contributed by atoms with van der Waals surface area (Å²) < 4.78 is 7.00. The zero-order valence-electron chi connectivity index (χ0n) is 16.0. The second kappa shape index (κ2) is 7.54. The minimum Gasteiger partial charge on any atom is -0.454 e. The fraction of sp³-hybridized carbons (Fsp3) is 0.579. The van der Waals surface area contributed by atoms with E-state index in [9.17, 15) is 14.9 Å². The van der Waals surface area contributed by atoms with Crippen molar-refractivity contribution >= 4 is 11.6 Å². The smallest absolute Gasteiger partial charge is 0.307 e. The third-order valence-electron chi connectivity index (χ3n) is 5.32. The molecule has 2 aromatic rings. The van der Waals surface area contributed by atoms with Crippen LogP contribution in [0.5, 0.6) is 0 Å². The van der Waals surface area contributed by atoms with Crippen LogP contribution in [0.3, 0.4) is 0 Å². The van der Waals surface area contributed by atoms with Crippen LogP contribution in [0.15, 0.2) is 28.9 Å². The van der Waals surface area contributed by atoms with E-state index < -0.39 is 4.92 Å². The van der Waals surface area contributed by atoms with Crippen LogP contribution in [0.2, 0.25) is 0 Å². The van der Waals surface area contributed by atoms with Gasteiger partial charge in [0.15, 0.2) is 5.76 Å². The fourth-order valence-corrected chi connectivity index (χ4v) is 3.64. The van der Waals surface area contributed by atoms with Crippen molar-refractivity contribution in [1.82, 2.24) is 15.1 Å². The molecule has 0 unspecified atom stereocenters. The van der Waals surface area contributed by atoms with E-state index in [2.05, 4.69) is 31.2 Å². The van der Waals surface area contributed by atoms with Crippen molar-refractivity contribution in [3.63, 3.8) is 0 Å². The number of aromatic nitrogens is 2. The summed E-state index contributed by atoms with van der Waals surface area (Å²) in [6, 6.07) is 3.50. The molecular weight excluding hydrogens is 348 g/mol. The number of hydrogen-bond acceptors (Lipinski definition) is 5. The average molecular weight is 374 g/mol. The summed E-state index contributed by atoms with van der Waals surface area (Å²) in [7, 11) is 0. The standard InChI is InChI=1S/C19H26N4O4/c1-19(2,3)13-4-6-14(7-5-13)21-18(24)17-9-8-16(27-17)12-22-11-15(10-20-22)23(25)26/h8-11,13-14H,4-7,12H2,1-3H3,(H,21,24). The van der Waals surface area contributed by atoms with Crippen molar-refractivity contribution in [1.29, 1.82) is 0 Å². The Bertz CT molecular complexity index is 810. The lowest BCUT2D eigenvalue weighted by molar-refractivity contribution is -0.385. The molecule has 0 saturated heterocycles. The number of nitrogens with one attached hydrogen (secondary N) is 1. The van der Waals surface area contributed by atoms with E-state index in [4.69, 9.17) is 4.42 Å². The highest BCUT2D eigenvalue weighted by Gasteiger charge is 2.30. The molecular formula is C19H26N4O4. The Kier molecular flexibility index (Phi) is 5.34. The van der Waals surface area contributed by atoms with Gasteiger partial charge in [0.1, 0.15) is 18.2 Å². The maximum absolute atomic E-state index is 12.4. The van der Waals surface area contributed by atoms with Crippen molar-refractivity contribution in [3.05, 3.63) is 46.2 Å². The highest BCUT2D eigenvalue weighted by molar-refractivity contribution is 5.91. The van der Waals surface area contributed by atoms with Gasteiger partial charge in [0.05, 0.1) is 11.5 Å². The molecule has 8 heteroatoms. The molecule has 0 spiro atoms. The Morgan fingerprint density at radius 2 is 2.04 bits per heavy atom. The van der Waals surface area contributed by atoms with Crippen LogP contribution in [0.1, 0.15) is 62.8 Å². The zero-order valence-corrected chi connectivity index (χ0v) is 16.0. The summed E-state index contributed by atoms with van der Waals surface area (Å²) in [6.07, 6.45) is 6.72. The van der Waals surface area contributed by atoms with Gasteiger partial charge >= 0.3 is 5.69 Å². The van der Waals surface area contributed by atoms with Gasteiger partial charge in [-0.05, 0) is 49.1 Å². The first-order valence-electron chi connectivity index (χ1n) is 9.29. The van der Waals surface area contributed by atoms with Gasteiger partial charge in [0.2, 0.25) is 0 Å². The minimum absolute atomic E-state index is 0.0783. The highest BCUT2D eigenvalue weighted by atomic mass is 16.6. The lowest BCUT2D eigenvalue weighted by Crippen LogP contribution is -2.39. The van der Waals surface area contributed by atoms with Crippen LogP contribution >= 0.6 is 0 Å². The molecule has 1 fully saturated rings. The van der Waals surface area contributed by atoms with E-state index in [1.54, 1.807) is 12.1 Å². The molecule has 0 aromatic carbocycles. The Morgan fingerprint density at radius 3 is 2.63 bits per heavy atom. The van der Waals surface area contributed by atoms with Gasteiger partial charge in [-0.15, -0.1) is 0 Å². The Hall–Kier alpha value is -2.64. The van der Waals surface area contributed by atoms with Crippen molar-refractivity contribution in [2.75, 3.05) is 0 Å². The van der Waals surface area contributed by atoms with E-state index in [0.29, 0.717) is 17.1 Å². The van der Waals surface area contributed by atoms with Crippen LogP contribution in [0, 0.1) is 21.4 Å². The number of carbonyl (C=O) groups excluding carboxylic acids is 1. The van der Waals surface area contributed by atoms with Gasteiger partial charge < -0.3 is 9.73 Å². The van der Waals surface area contributed by atoms with Crippen LogP contribution in [-0.4, -0.2) is 26.7 Å². The summed E-state index contributed by atoms with van der Waals surface area (Å²) in [6.45, 7) is 7.05. The molecule has 1 amide bonds. The lowest BCUT2D eigenvalue weighted by atomic mass is 9.71. The molecule has 2 aromatic heterocycles. The van der Waals surface area contributed by atoms with E-state index in [0.717, 1.165) is 25.7 Å². The number of amides is 1. The first-order chi connectivity index (χ1) is 12.7. The number of nitro groups is 1. The minimum atomic E-state index is -0.501. The predicted molar refractivity (Wildman–Crippen MR) is 99.4 cm³/mol. The number of hydrogen-bond donors (Lipinski definition) is 1. The van der Waals surface area contributed by atoms with E-state index in [1.807, 2.05) is 0 Å². The van der Waals surface area contributed by atoms with E-state index >= 15 is 0 Å². The lowest BCUT2D eigenvalue weighted by Gasteiger charge is -2.37. The molecule has 1 saturated carbocycles. The molecule has 146 valence electrons. The third-order valence-corrected chi connectivity index (χ3v) is 5.32. The Balaban J connectivity index is 1.53. The average Bonchev–Trinajstić information content (AvgIpc) is 3.24. The molecule has 0 atom stereocenters. The molecule has 27 heavy (non-hydrogen) atoms. The van der Waals surface area contributed by atoms with Crippen molar-refractivity contribution in [2.24, 2.45) is 11.3 Å². The molecule has 8 nitrogen and oxygen atoms in total. The molecule has 0 radical (unpaired) electrons. The quantitative estimate of drug-likeness (QED) is 0.634. The highest BCUT2D eigenvalue weighted by Crippen LogP contribution is 2.37. The van der Waals surface area contributed by atoms with Gasteiger partial charge in [-0.3, -0.25) is 19.6 Å².